The van der Waals surface area contributed by atoms with E-state index in [0.717, 1.165) is 38.5 Å². The zero-order chi connectivity index (χ0) is 32.8. The number of rotatable bonds is 3. The van der Waals surface area contributed by atoms with Crippen LogP contribution in [0.2, 0.25) is 0 Å². The van der Waals surface area contributed by atoms with Gasteiger partial charge in [0, 0.05) is 50.5 Å². The van der Waals surface area contributed by atoms with Crippen LogP contribution < -0.4 is 10.6 Å². The zero-order valence-corrected chi connectivity index (χ0v) is 28.1. The lowest BCUT2D eigenvalue weighted by Gasteiger charge is -2.41. The first kappa shape index (κ1) is 28.4. The molecule has 4 unspecified atom stereocenters. The molecule has 0 fully saturated rings. The predicted octanol–water partition coefficient (Wildman–Crippen LogP) is 10.5. The Morgan fingerprint density at radius 2 is 1.54 bits per heavy atom. The quantitative estimate of drug-likeness (QED) is 0.204. The van der Waals surface area contributed by atoms with E-state index in [4.69, 9.17) is 0 Å². The van der Waals surface area contributed by atoms with Crippen molar-refractivity contribution in [1.82, 2.24) is 19.8 Å². The first-order valence-corrected chi connectivity index (χ1v) is 18.5. The zero-order valence-electron chi connectivity index (χ0n) is 28.1. The second-order valence-corrected chi connectivity index (χ2v) is 14.7. The first-order valence-electron chi connectivity index (χ1n) is 18.5. The molecule has 2 N–H and O–H groups in total. The Bertz CT molecular complexity index is 2570. The Balaban J connectivity index is 1.19. The highest BCUT2D eigenvalue weighted by molar-refractivity contribution is 6.21. The van der Waals surface area contributed by atoms with Crippen molar-refractivity contribution in [2.24, 2.45) is 11.8 Å². The molecule has 4 nitrogen and oxygen atoms in total. The number of nitrogens with zero attached hydrogens (tertiary/aromatic N) is 2. The molecule has 3 aromatic carbocycles. The van der Waals surface area contributed by atoms with Gasteiger partial charge in [0.05, 0.1) is 28.3 Å². The summed E-state index contributed by atoms with van der Waals surface area (Å²) in [6.07, 6.45) is 38.9. The summed E-state index contributed by atoms with van der Waals surface area (Å²) in [4.78, 5) is 0. The normalized spacial score (nSPS) is 25.1. The number of nitrogens with one attached hydrogen (secondary N) is 2. The number of aromatic nitrogens is 2. The van der Waals surface area contributed by atoms with Crippen molar-refractivity contribution in [1.29, 1.82) is 0 Å². The topological polar surface area (TPSA) is 33.9 Å². The summed E-state index contributed by atoms with van der Waals surface area (Å²) in [5.74, 6) is 0.819. The second kappa shape index (κ2) is 11.0. The van der Waals surface area contributed by atoms with Gasteiger partial charge in [0.25, 0.3) is 0 Å². The van der Waals surface area contributed by atoms with Gasteiger partial charge in [0.15, 0.2) is 0 Å². The summed E-state index contributed by atoms with van der Waals surface area (Å²) < 4.78 is 5.25. The minimum Gasteiger partial charge on any atom is -0.373 e. The van der Waals surface area contributed by atoms with E-state index >= 15 is 0 Å². The summed E-state index contributed by atoms with van der Waals surface area (Å²) in [6.45, 7) is 0. The third kappa shape index (κ3) is 4.17. The molecule has 5 aliphatic carbocycles. The number of hydrogen-bond donors (Lipinski definition) is 2. The van der Waals surface area contributed by atoms with Crippen molar-refractivity contribution in [3.05, 3.63) is 156 Å². The lowest BCUT2D eigenvalue weighted by Crippen LogP contribution is -2.50. The Hall–Kier alpha value is -5.48. The number of hydrogen-bond acceptors (Lipinski definition) is 2. The highest BCUT2D eigenvalue weighted by Gasteiger charge is 2.37. The van der Waals surface area contributed by atoms with E-state index < -0.39 is 0 Å². The van der Waals surface area contributed by atoms with E-state index in [0.29, 0.717) is 11.8 Å². The Morgan fingerprint density at radius 3 is 2.48 bits per heavy atom. The summed E-state index contributed by atoms with van der Waals surface area (Å²) in [6, 6.07) is 18.7. The van der Waals surface area contributed by atoms with Gasteiger partial charge in [-0.05, 0) is 85.4 Å². The van der Waals surface area contributed by atoms with Gasteiger partial charge in [-0.3, -0.25) is 0 Å². The third-order valence-corrected chi connectivity index (χ3v) is 11.9. The maximum atomic E-state index is 4.16. The molecule has 0 radical (unpaired) electrons. The number of allylic oxidation sites excluding steroid dienone is 14. The van der Waals surface area contributed by atoms with Gasteiger partial charge in [0.2, 0.25) is 0 Å². The molecule has 0 saturated heterocycles. The molecule has 11 rings (SSSR count). The van der Waals surface area contributed by atoms with E-state index in [2.05, 4.69) is 153 Å². The number of aryl methyl sites for hydroxylation is 1. The molecule has 5 aromatic rings. The minimum atomic E-state index is 0.0118. The van der Waals surface area contributed by atoms with E-state index in [1.165, 1.54) is 77.4 Å². The van der Waals surface area contributed by atoms with Crippen molar-refractivity contribution in [3.63, 3.8) is 0 Å². The lowest BCUT2D eigenvalue weighted by atomic mass is 9.80. The van der Waals surface area contributed by atoms with E-state index in [1.54, 1.807) is 0 Å². The van der Waals surface area contributed by atoms with Crippen LogP contribution in [0, 0.1) is 11.8 Å². The van der Waals surface area contributed by atoms with Gasteiger partial charge < -0.3 is 19.8 Å². The van der Waals surface area contributed by atoms with Crippen LogP contribution in [-0.4, -0.2) is 15.2 Å². The van der Waals surface area contributed by atoms with Crippen LogP contribution in [0.3, 0.4) is 0 Å². The number of fused-ring (bicyclic) bond motifs is 9. The molecule has 0 saturated carbocycles. The van der Waals surface area contributed by atoms with Crippen LogP contribution in [0.15, 0.2) is 144 Å². The van der Waals surface area contributed by atoms with Crippen LogP contribution in [0.4, 0.5) is 0 Å². The van der Waals surface area contributed by atoms with E-state index in [1.807, 2.05) is 0 Å². The molecule has 2 aromatic heterocycles. The monoisotopic (exact) mass is 648 g/mol. The summed E-state index contributed by atoms with van der Waals surface area (Å²) >= 11 is 0. The van der Waals surface area contributed by atoms with Crippen molar-refractivity contribution in [2.75, 3.05) is 0 Å². The summed E-state index contributed by atoms with van der Waals surface area (Å²) in [5.41, 5.74) is 12.0. The SMILES string of the molecule is C1=CCCC(n2c3cc4c(cc3c3ccc5ccccc5c32)c2c(n4C3NC4=C(C=CCC4)NC3C3=CC4C=CC=CC4C=C3)C=CCC2)=C1. The highest BCUT2D eigenvalue weighted by Crippen LogP contribution is 2.44. The standard InChI is InChI=1S/C46H40N4/c1-2-15-33(16-3-1)49-42-28-43-37(27-38(42)36-25-24-30-13-6-7-17-34(30)45(36)49)35-18-8-11-21-41(35)50(43)46-44(47-39-19-9-10-20-40(39)48-46)32-23-22-29-12-4-5-14-31(29)26-32/h1-2,4-7,9,11-15,17,19,21-29,31,44,46-48H,3,8,10,16,18,20H2. The van der Waals surface area contributed by atoms with Crippen LogP contribution in [-0.2, 0) is 6.42 Å². The molecule has 4 atom stereocenters. The largest absolute Gasteiger partial charge is 0.373 e. The molecule has 0 bridgehead atoms. The summed E-state index contributed by atoms with van der Waals surface area (Å²) in [7, 11) is 0. The molecule has 1 aliphatic heterocycles. The van der Waals surface area contributed by atoms with E-state index in [-0.39, 0.29) is 12.2 Å². The molecule has 244 valence electrons. The van der Waals surface area contributed by atoms with Gasteiger partial charge in [-0.25, -0.2) is 0 Å². The molecule has 50 heavy (non-hydrogen) atoms. The predicted molar refractivity (Wildman–Crippen MR) is 209 cm³/mol. The molecule has 0 spiro atoms. The van der Waals surface area contributed by atoms with Gasteiger partial charge in [-0.15, -0.1) is 0 Å². The first-order chi connectivity index (χ1) is 24.8. The van der Waals surface area contributed by atoms with Crippen LogP contribution in [0.1, 0.15) is 49.5 Å². The maximum absolute atomic E-state index is 4.16. The molecule has 4 heteroatoms. The average molecular weight is 649 g/mol. The Kier molecular flexibility index (Phi) is 6.25. The fourth-order valence-electron chi connectivity index (χ4n) is 9.55. The minimum absolute atomic E-state index is 0.0118. The van der Waals surface area contributed by atoms with Gasteiger partial charge in [-0.1, -0.05) is 103 Å². The molecular formula is C46H40N4. The fourth-order valence-corrected chi connectivity index (χ4v) is 9.55. The van der Waals surface area contributed by atoms with Crippen molar-refractivity contribution in [2.45, 2.75) is 50.7 Å². The van der Waals surface area contributed by atoms with Gasteiger partial charge >= 0.3 is 0 Å². The third-order valence-electron chi connectivity index (χ3n) is 11.9. The fraction of sp³-hybridized carbons (Fsp3) is 0.217. The molecular weight excluding hydrogens is 609 g/mol. The number of benzene rings is 3. The van der Waals surface area contributed by atoms with Crippen molar-refractivity contribution < 1.29 is 0 Å². The average Bonchev–Trinajstić information content (AvgIpc) is 3.69. The molecule has 0 amide bonds. The van der Waals surface area contributed by atoms with Gasteiger partial charge in [0.1, 0.15) is 6.17 Å². The van der Waals surface area contributed by atoms with Crippen molar-refractivity contribution in [3.8, 4) is 0 Å². The molecule has 6 aliphatic rings. The smallest absolute Gasteiger partial charge is 0.128 e. The summed E-state index contributed by atoms with van der Waals surface area (Å²) in [5, 5.41) is 14.9. The maximum Gasteiger partial charge on any atom is 0.128 e. The lowest BCUT2D eigenvalue weighted by molar-refractivity contribution is 0.336. The Morgan fingerprint density at radius 1 is 0.660 bits per heavy atom. The second-order valence-electron chi connectivity index (χ2n) is 14.7. The van der Waals surface area contributed by atoms with Crippen molar-refractivity contribution >= 4 is 55.3 Å². The Labute approximate surface area is 292 Å². The van der Waals surface area contributed by atoms with Crippen LogP contribution in [0.5, 0.6) is 0 Å². The van der Waals surface area contributed by atoms with Crippen LogP contribution in [0.25, 0.3) is 55.3 Å². The molecule has 3 heterocycles. The van der Waals surface area contributed by atoms with Gasteiger partial charge in [-0.2, -0.15) is 0 Å². The highest BCUT2D eigenvalue weighted by atomic mass is 15.3. The van der Waals surface area contributed by atoms with Crippen LogP contribution >= 0.6 is 0 Å². The van der Waals surface area contributed by atoms with E-state index in [9.17, 15) is 0 Å².